The van der Waals surface area contributed by atoms with Crippen LogP contribution in [0.1, 0.15) is 11.1 Å². The average Bonchev–Trinajstić information content (AvgIpc) is 3.10. The van der Waals surface area contributed by atoms with Crippen LogP contribution in [0.5, 0.6) is 17.2 Å². The Morgan fingerprint density at radius 2 is 1.85 bits per heavy atom. The molecule has 27 heavy (non-hydrogen) atoms. The molecule has 1 aliphatic heterocycles. The zero-order valence-corrected chi connectivity index (χ0v) is 16.9. The van der Waals surface area contributed by atoms with Crippen LogP contribution < -0.4 is 24.8 Å². The number of halogens is 3. The van der Waals surface area contributed by atoms with E-state index in [9.17, 15) is 8.78 Å². The maximum absolute atomic E-state index is 12.5. The van der Waals surface area contributed by atoms with Crippen molar-refractivity contribution >= 4 is 29.9 Å². The molecule has 0 fully saturated rings. The maximum Gasteiger partial charge on any atom is 0.387 e. The fourth-order valence-electron chi connectivity index (χ4n) is 2.50. The minimum absolute atomic E-state index is 0. The summed E-state index contributed by atoms with van der Waals surface area (Å²) in [4.78, 5) is 4.13. The highest BCUT2D eigenvalue weighted by molar-refractivity contribution is 14.0. The molecule has 3 rings (SSSR count). The molecule has 0 amide bonds. The Kier molecular flexibility index (Phi) is 7.89. The van der Waals surface area contributed by atoms with Gasteiger partial charge in [-0.1, -0.05) is 24.3 Å². The molecule has 2 aromatic rings. The fraction of sp³-hybridized carbons (Fsp3) is 0.278. The number of aliphatic imine (C=N–C) groups is 1. The van der Waals surface area contributed by atoms with Crippen molar-refractivity contribution in [3.63, 3.8) is 0 Å². The number of nitrogens with one attached hydrogen (secondary N) is 2. The second-order valence-electron chi connectivity index (χ2n) is 5.45. The molecule has 2 aromatic carbocycles. The Morgan fingerprint density at radius 3 is 2.63 bits per heavy atom. The highest BCUT2D eigenvalue weighted by Gasteiger charge is 2.13. The van der Waals surface area contributed by atoms with Crippen molar-refractivity contribution in [1.82, 2.24) is 10.6 Å². The standard InChI is InChI=1S/C18H19F2N3O3.HI/c1-21-18(22-9-12-6-7-15-16(8-12)25-11-24-15)23-10-13-4-2-3-5-14(13)26-17(19)20;/h2-8,17H,9-11H2,1H3,(H2,21,22,23);1H. The lowest BCUT2D eigenvalue weighted by Crippen LogP contribution is -2.36. The van der Waals surface area contributed by atoms with Gasteiger partial charge < -0.3 is 24.8 Å². The van der Waals surface area contributed by atoms with Crippen molar-refractivity contribution < 1.29 is 23.0 Å². The van der Waals surface area contributed by atoms with Crippen LogP contribution in [0.15, 0.2) is 47.5 Å². The molecule has 0 aromatic heterocycles. The second kappa shape index (κ2) is 10.1. The van der Waals surface area contributed by atoms with E-state index < -0.39 is 6.61 Å². The van der Waals surface area contributed by atoms with Gasteiger partial charge in [-0.3, -0.25) is 4.99 Å². The van der Waals surface area contributed by atoms with Crippen molar-refractivity contribution in [2.24, 2.45) is 4.99 Å². The smallest absolute Gasteiger partial charge is 0.387 e. The summed E-state index contributed by atoms with van der Waals surface area (Å²) in [6.45, 7) is -1.82. The number of fused-ring (bicyclic) bond motifs is 1. The lowest BCUT2D eigenvalue weighted by atomic mass is 10.2. The van der Waals surface area contributed by atoms with Gasteiger partial charge >= 0.3 is 6.61 Å². The normalized spacial score (nSPS) is 12.5. The number of ether oxygens (including phenoxy) is 3. The third-order valence-corrected chi connectivity index (χ3v) is 3.76. The molecule has 1 aliphatic rings. The van der Waals surface area contributed by atoms with Crippen LogP contribution in [-0.4, -0.2) is 26.4 Å². The molecular weight excluding hydrogens is 471 g/mol. The van der Waals surface area contributed by atoms with Gasteiger partial charge in [0, 0.05) is 25.7 Å². The van der Waals surface area contributed by atoms with Crippen LogP contribution in [0.25, 0.3) is 0 Å². The predicted molar refractivity (Wildman–Crippen MR) is 108 cm³/mol. The van der Waals surface area contributed by atoms with E-state index in [0.717, 1.165) is 11.3 Å². The number of alkyl halides is 2. The Hall–Kier alpha value is -2.30. The van der Waals surface area contributed by atoms with Gasteiger partial charge in [-0.2, -0.15) is 8.78 Å². The van der Waals surface area contributed by atoms with Gasteiger partial charge in [-0.25, -0.2) is 0 Å². The summed E-state index contributed by atoms with van der Waals surface area (Å²) in [5, 5.41) is 6.24. The summed E-state index contributed by atoms with van der Waals surface area (Å²) in [6.07, 6.45) is 0. The van der Waals surface area contributed by atoms with Crippen molar-refractivity contribution in [3.8, 4) is 17.2 Å². The number of hydrogen-bond donors (Lipinski definition) is 2. The minimum atomic E-state index is -2.86. The Balaban J connectivity index is 0.00000261. The van der Waals surface area contributed by atoms with Crippen molar-refractivity contribution in [3.05, 3.63) is 53.6 Å². The van der Waals surface area contributed by atoms with Crippen LogP contribution in [0, 0.1) is 0 Å². The van der Waals surface area contributed by atoms with Gasteiger partial charge in [0.2, 0.25) is 6.79 Å². The van der Waals surface area contributed by atoms with E-state index in [1.165, 1.54) is 6.07 Å². The Morgan fingerprint density at radius 1 is 1.11 bits per heavy atom. The summed E-state index contributed by atoms with van der Waals surface area (Å²) < 4.78 is 40.1. The summed E-state index contributed by atoms with van der Waals surface area (Å²) in [7, 11) is 1.64. The van der Waals surface area contributed by atoms with E-state index in [2.05, 4.69) is 20.4 Å². The highest BCUT2D eigenvalue weighted by atomic mass is 127. The van der Waals surface area contributed by atoms with Gasteiger partial charge in [0.1, 0.15) is 5.75 Å². The predicted octanol–water partition coefficient (Wildman–Crippen LogP) is 3.50. The summed E-state index contributed by atoms with van der Waals surface area (Å²) >= 11 is 0. The van der Waals surface area contributed by atoms with Crippen molar-refractivity contribution in [1.29, 1.82) is 0 Å². The van der Waals surface area contributed by atoms with E-state index >= 15 is 0 Å². The third kappa shape index (κ3) is 5.84. The fourth-order valence-corrected chi connectivity index (χ4v) is 2.50. The van der Waals surface area contributed by atoms with Crippen LogP contribution in [0.4, 0.5) is 8.78 Å². The van der Waals surface area contributed by atoms with Crippen LogP contribution in [0.2, 0.25) is 0 Å². The number of rotatable bonds is 6. The zero-order chi connectivity index (χ0) is 18.4. The Bertz CT molecular complexity index is 790. The molecule has 0 saturated heterocycles. The average molecular weight is 491 g/mol. The van der Waals surface area contributed by atoms with Gasteiger partial charge in [-0.15, -0.1) is 24.0 Å². The van der Waals surface area contributed by atoms with Crippen LogP contribution in [0.3, 0.4) is 0 Å². The molecule has 0 aliphatic carbocycles. The van der Waals surface area contributed by atoms with Gasteiger partial charge in [-0.05, 0) is 23.8 Å². The van der Waals surface area contributed by atoms with Gasteiger partial charge in [0.15, 0.2) is 17.5 Å². The molecule has 0 spiro atoms. The number of guanidine groups is 1. The molecule has 9 heteroatoms. The first-order valence-corrected chi connectivity index (χ1v) is 8.01. The lowest BCUT2D eigenvalue weighted by molar-refractivity contribution is -0.0504. The van der Waals surface area contributed by atoms with Crippen LogP contribution >= 0.6 is 24.0 Å². The molecule has 0 radical (unpaired) electrons. The zero-order valence-electron chi connectivity index (χ0n) is 14.6. The van der Waals surface area contributed by atoms with E-state index in [-0.39, 0.29) is 36.5 Å². The van der Waals surface area contributed by atoms with E-state index in [0.29, 0.717) is 30.4 Å². The minimum Gasteiger partial charge on any atom is -0.454 e. The molecule has 0 saturated carbocycles. The van der Waals surface area contributed by atoms with Crippen LogP contribution in [-0.2, 0) is 13.1 Å². The number of nitrogens with zero attached hydrogens (tertiary/aromatic N) is 1. The van der Waals surface area contributed by atoms with E-state index in [1.54, 1.807) is 25.2 Å². The Labute approximate surface area is 172 Å². The second-order valence-corrected chi connectivity index (χ2v) is 5.45. The molecule has 0 atom stereocenters. The lowest BCUT2D eigenvalue weighted by Gasteiger charge is -2.14. The first-order valence-electron chi connectivity index (χ1n) is 8.01. The maximum atomic E-state index is 12.5. The number of hydrogen-bond acceptors (Lipinski definition) is 4. The molecule has 6 nitrogen and oxygen atoms in total. The number of benzene rings is 2. The largest absolute Gasteiger partial charge is 0.454 e. The highest BCUT2D eigenvalue weighted by Crippen LogP contribution is 2.32. The first kappa shape index (κ1) is 21.0. The molecule has 2 N–H and O–H groups in total. The first-order chi connectivity index (χ1) is 12.7. The molecular formula is C18H20F2IN3O3. The number of para-hydroxylation sites is 1. The van der Waals surface area contributed by atoms with E-state index in [1.807, 2.05) is 18.2 Å². The molecule has 1 heterocycles. The monoisotopic (exact) mass is 491 g/mol. The van der Waals surface area contributed by atoms with Crippen molar-refractivity contribution in [2.45, 2.75) is 19.7 Å². The van der Waals surface area contributed by atoms with E-state index in [4.69, 9.17) is 9.47 Å². The summed E-state index contributed by atoms with van der Waals surface area (Å²) in [5.41, 5.74) is 1.61. The van der Waals surface area contributed by atoms with Crippen molar-refractivity contribution in [2.75, 3.05) is 13.8 Å². The van der Waals surface area contributed by atoms with Gasteiger partial charge in [0.05, 0.1) is 0 Å². The molecule has 0 bridgehead atoms. The summed E-state index contributed by atoms with van der Waals surface area (Å²) in [6, 6.07) is 12.3. The molecule has 0 unspecified atom stereocenters. The van der Waals surface area contributed by atoms with Gasteiger partial charge in [0.25, 0.3) is 0 Å². The SMILES string of the molecule is CN=C(NCc1ccc2c(c1)OCO2)NCc1ccccc1OC(F)F.I. The molecule has 146 valence electrons. The third-order valence-electron chi connectivity index (χ3n) is 3.76. The topological polar surface area (TPSA) is 64.1 Å². The summed E-state index contributed by atoms with van der Waals surface area (Å²) in [5.74, 6) is 2.12. The quantitative estimate of drug-likeness (QED) is 0.368.